The lowest BCUT2D eigenvalue weighted by Gasteiger charge is -2.45. The van der Waals surface area contributed by atoms with Gasteiger partial charge >= 0.3 is 0 Å². The molecule has 0 nitrogen and oxygen atoms in total. The summed E-state index contributed by atoms with van der Waals surface area (Å²) in [5.41, 5.74) is 23.6. The Morgan fingerprint density at radius 2 is 1.24 bits per heavy atom. The van der Waals surface area contributed by atoms with Crippen molar-refractivity contribution in [2.75, 3.05) is 0 Å². The van der Waals surface area contributed by atoms with Gasteiger partial charge in [-0.1, -0.05) is 16.7 Å². The molecule has 13 aliphatic rings. The minimum atomic E-state index is 0.782. The Hall–Kier alpha value is -2.34. The van der Waals surface area contributed by atoms with Crippen LogP contribution in [0.5, 0.6) is 0 Å². The van der Waals surface area contributed by atoms with Crippen LogP contribution in [0.3, 0.4) is 0 Å². The van der Waals surface area contributed by atoms with E-state index in [4.69, 9.17) is 0 Å². The third-order valence-corrected chi connectivity index (χ3v) is 16.8. The Labute approximate surface area is 220 Å². The summed E-state index contributed by atoms with van der Waals surface area (Å²) >= 11 is 0. The fourth-order valence-electron chi connectivity index (χ4n) is 16.8. The topological polar surface area (TPSA) is 0 Å². The molecule has 0 heteroatoms. The first kappa shape index (κ1) is 16.7. The maximum Gasteiger partial charge on any atom is 0.00705 e. The highest BCUT2D eigenvalue weighted by molar-refractivity contribution is 6.30. The van der Waals surface area contributed by atoms with E-state index < -0.39 is 0 Å². The predicted molar refractivity (Wildman–Crippen MR) is 148 cm³/mol. The van der Waals surface area contributed by atoms with Crippen molar-refractivity contribution >= 4 is 38.3 Å². The molecule has 180 valence electrons. The van der Waals surface area contributed by atoms with Gasteiger partial charge in [-0.25, -0.2) is 0 Å². The van der Waals surface area contributed by atoms with Crippen LogP contribution in [0.2, 0.25) is 0 Å². The van der Waals surface area contributed by atoms with Crippen molar-refractivity contribution in [3.63, 3.8) is 0 Å². The molecule has 0 amide bonds. The van der Waals surface area contributed by atoms with E-state index in [1.54, 1.807) is 19.3 Å². The number of hydrogen-bond acceptors (Lipinski definition) is 0. The average Bonchev–Trinajstić information content (AvgIpc) is 3.77. The van der Waals surface area contributed by atoms with Crippen LogP contribution in [0.4, 0.5) is 0 Å². The van der Waals surface area contributed by atoms with Crippen LogP contribution in [0, 0.1) is 35.5 Å². The van der Waals surface area contributed by atoms with Gasteiger partial charge < -0.3 is 0 Å². The van der Waals surface area contributed by atoms with Gasteiger partial charge in [-0.05, 0) is 199 Å². The third-order valence-electron chi connectivity index (χ3n) is 16.8. The van der Waals surface area contributed by atoms with Crippen LogP contribution in [0.15, 0.2) is 5.57 Å². The van der Waals surface area contributed by atoms with Crippen molar-refractivity contribution in [2.45, 2.75) is 86.9 Å². The molecule has 16 rings (SSSR count). The molecule has 0 radical (unpaired) electrons. The van der Waals surface area contributed by atoms with Crippen molar-refractivity contribution < 1.29 is 0 Å². The summed E-state index contributed by atoms with van der Waals surface area (Å²) in [5, 5.41) is 11.3. The van der Waals surface area contributed by atoms with Gasteiger partial charge in [0.1, 0.15) is 0 Å². The van der Waals surface area contributed by atoms with Crippen LogP contribution in [-0.4, -0.2) is 0 Å². The molecule has 0 bridgehead atoms. The lowest BCUT2D eigenvalue weighted by atomic mass is 9.58. The molecule has 0 N–H and O–H groups in total. The summed E-state index contributed by atoms with van der Waals surface area (Å²) in [5.74, 6) is 11.0. The minimum Gasteiger partial charge on any atom is -0.0542 e. The SMILES string of the molecule is C1C2=c3c4c5c6c7c8c9c%10c%11c%12c%13c(c%106)C5=C5C6C(CCC2C46)C2CCC(C%12CC%11C9CCC8C1=c37)C%13C52. The number of allylic oxidation sites excluding steroid dienone is 1. The maximum atomic E-state index is 2.11. The van der Waals surface area contributed by atoms with Gasteiger partial charge in [0.2, 0.25) is 0 Å². The highest BCUT2D eigenvalue weighted by atomic mass is 14.7. The van der Waals surface area contributed by atoms with Crippen molar-refractivity contribution in [1.29, 1.82) is 0 Å². The first-order chi connectivity index (χ1) is 18.9. The van der Waals surface area contributed by atoms with E-state index >= 15 is 0 Å². The van der Waals surface area contributed by atoms with E-state index in [-0.39, 0.29) is 0 Å². The second-order valence-corrected chi connectivity index (χ2v) is 16.6. The Bertz CT molecular complexity index is 2220. The quantitative estimate of drug-likeness (QED) is 0.238. The zero-order chi connectivity index (χ0) is 23.0. The summed E-state index contributed by atoms with van der Waals surface area (Å²) in [6.45, 7) is 0. The van der Waals surface area contributed by atoms with E-state index in [1.165, 1.54) is 32.1 Å². The van der Waals surface area contributed by atoms with Crippen LogP contribution in [0.25, 0.3) is 38.3 Å². The standard InChI is InChI=1S/C38H28/c1-3-11-15-7-17-13-5-6-14-18-8-16-12-4-2-10-9(1)19-21(11)30-25(15)27(17)32-23(13)24(14)33-28(18)26(16)31-22(12)20(10)29(19)34-35(30)37(32)38(33)36(31)34/h9-15,17,19-22H,1-8H2. The van der Waals surface area contributed by atoms with Crippen molar-refractivity contribution in [3.8, 4) is 0 Å². The normalized spacial score (nSPS) is 49.6. The number of fused-ring (bicyclic) bond motifs is 5. The monoisotopic (exact) mass is 484 g/mol. The zero-order valence-electron chi connectivity index (χ0n) is 21.6. The smallest absolute Gasteiger partial charge is 0.00705 e. The van der Waals surface area contributed by atoms with Gasteiger partial charge in [-0.2, -0.15) is 0 Å². The Balaban J connectivity index is 1.32. The fraction of sp³-hybridized carbons (Fsp3) is 0.526. The van der Waals surface area contributed by atoms with Gasteiger partial charge in [0.15, 0.2) is 0 Å². The van der Waals surface area contributed by atoms with E-state index in [0.29, 0.717) is 0 Å². The molecular weight excluding hydrogens is 456 g/mol. The third kappa shape index (κ3) is 1.10. The molecule has 12 atom stereocenters. The first-order valence-corrected chi connectivity index (χ1v) is 16.6. The van der Waals surface area contributed by atoms with Gasteiger partial charge in [-0.3, -0.25) is 0 Å². The average molecular weight is 485 g/mol. The molecule has 12 unspecified atom stereocenters. The molecule has 0 aliphatic heterocycles. The van der Waals surface area contributed by atoms with Gasteiger partial charge in [0.25, 0.3) is 0 Å². The Kier molecular flexibility index (Phi) is 1.89. The summed E-state index contributed by atoms with van der Waals surface area (Å²) in [6.07, 6.45) is 12.1. The Morgan fingerprint density at radius 1 is 0.447 bits per heavy atom. The van der Waals surface area contributed by atoms with Crippen LogP contribution in [0.1, 0.15) is 131 Å². The lowest BCUT2D eigenvalue weighted by molar-refractivity contribution is 0.115. The molecule has 13 aliphatic carbocycles. The molecule has 0 aromatic heterocycles. The molecule has 38 heavy (non-hydrogen) atoms. The van der Waals surface area contributed by atoms with E-state index in [9.17, 15) is 0 Å². The van der Waals surface area contributed by atoms with Crippen molar-refractivity contribution in [3.05, 3.63) is 60.5 Å². The van der Waals surface area contributed by atoms with Gasteiger partial charge in [-0.15, -0.1) is 0 Å². The maximum absolute atomic E-state index is 2.11. The predicted octanol–water partition coefficient (Wildman–Crippen LogP) is 6.89. The highest BCUT2D eigenvalue weighted by Gasteiger charge is 2.69. The zero-order valence-corrected chi connectivity index (χ0v) is 21.6. The van der Waals surface area contributed by atoms with E-state index in [1.807, 2.05) is 93.2 Å². The highest BCUT2D eigenvalue weighted by Crippen LogP contribution is 2.81. The molecule has 3 aromatic rings. The van der Waals surface area contributed by atoms with Crippen molar-refractivity contribution in [1.82, 2.24) is 0 Å². The minimum absolute atomic E-state index is 0.782. The summed E-state index contributed by atoms with van der Waals surface area (Å²) in [6, 6.07) is 0. The van der Waals surface area contributed by atoms with Crippen LogP contribution < -0.4 is 10.4 Å². The molecule has 0 heterocycles. The number of rotatable bonds is 0. The van der Waals surface area contributed by atoms with Gasteiger partial charge in [0, 0.05) is 5.92 Å². The summed E-state index contributed by atoms with van der Waals surface area (Å²) in [7, 11) is 0. The second-order valence-electron chi connectivity index (χ2n) is 16.6. The van der Waals surface area contributed by atoms with E-state index in [2.05, 4.69) is 5.57 Å². The van der Waals surface area contributed by atoms with Crippen LogP contribution >= 0.6 is 0 Å². The number of benzene rings is 3. The first-order valence-electron chi connectivity index (χ1n) is 16.6. The summed E-state index contributed by atoms with van der Waals surface area (Å²) < 4.78 is 0. The number of hydrogen-bond donors (Lipinski definition) is 0. The molecule has 3 saturated carbocycles. The Morgan fingerprint density at radius 3 is 2.21 bits per heavy atom. The molecular formula is C38H28. The lowest BCUT2D eigenvalue weighted by Crippen LogP contribution is -2.36. The summed E-state index contributed by atoms with van der Waals surface area (Å²) in [4.78, 5) is 0. The van der Waals surface area contributed by atoms with E-state index in [0.717, 1.165) is 71.0 Å². The van der Waals surface area contributed by atoms with Gasteiger partial charge in [0.05, 0.1) is 0 Å². The second kappa shape index (κ2) is 4.29. The fourth-order valence-corrected chi connectivity index (χ4v) is 16.8. The molecule has 3 aromatic carbocycles. The largest absolute Gasteiger partial charge is 0.0542 e. The van der Waals surface area contributed by atoms with Crippen molar-refractivity contribution in [2.24, 2.45) is 35.5 Å². The molecule has 0 spiro atoms. The van der Waals surface area contributed by atoms with Crippen LogP contribution in [-0.2, 0) is 0 Å². The molecule has 3 fully saturated rings. The molecule has 0 saturated heterocycles.